The molecule has 0 radical (unpaired) electrons. The van der Waals surface area contributed by atoms with Crippen molar-refractivity contribution in [1.82, 2.24) is 0 Å². The molecule has 0 aliphatic carbocycles. The lowest BCUT2D eigenvalue weighted by atomic mass is 10.1. The number of Topliss-reactive ketones (excluding diaryl/α,β-unsaturated/α-hetero) is 1. The zero-order valence-corrected chi connectivity index (χ0v) is 11.5. The van der Waals surface area contributed by atoms with Gasteiger partial charge in [0.05, 0.1) is 6.61 Å². The first-order valence-corrected chi connectivity index (χ1v) is 7.82. The van der Waals surface area contributed by atoms with Crippen molar-refractivity contribution in [1.29, 1.82) is 0 Å². The summed E-state index contributed by atoms with van der Waals surface area (Å²) in [6.07, 6.45) is 1.13. The van der Waals surface area contributed by atoms with Gasteiger partial charge >= 0.3 is 0 Å². The Balaban J connectivity index is 2.64. The fourth-order valence-corrected chi connectivity index (χ4v) is 2.63. The molecule has 1 aromatic carbocycles. The molecule has 0 N–H and O–H groups in total. The van der Waals surface area contributed by atoms with Crippen LogP contribution in [0.2, 0.25) is 0 Å². The van der Waals surface area contributed by atoms with E-state index < -0.39 is 7.37 Å². The Hall–Kier alpha value is -0.920. The molecule has 0 fully saturated rings. The van der Waals surface area contributed by atoms with Crippen LogP contribution in [-0.4, -0.2) is 18.1 Å². The van der Waals surface area contributed by atoms with Gasteiger partial charge in [-0.15, -0.1) is 0 Å². The Kier molecular flexibility index (Phi) is 5.10. The van der Waals surface area contributed by atoms with Crippen LogP contribution in [0.25, 0.3) is 0 Å². The minimum absolute atomic E-state index is 0.0465. The first kappa shape index (κ1) is 14.1. The van der Waals surface area contributed by atoms with Gasteiger partial charge in [0.2, 0.25) is 7.37 Å². The van der Waals surface area contributed by atoms with Crippen molar-refractivity contribution in [2.45, 2.75) is 27.4 Å². The molecule has 0 unspecified atom stereocenters. The quantitative estimate of drug-likeness (QED) is 0.574. The zero-order valence-electron chi connectivity index (χ0n) is 10.6. The van der Waals surface area contributed by atoms with Gasteiger partial charge in [-0.25, -0.2) is 0 Å². The van der Waals surface area contributed by atoms with Crippen LogP contribution >= 0.6 is 7.37 Å². The molecule has 0 heterocycles. The van der Waals surface area contributed by atoms with Crippen LogP contribution in [0.3, 0.4) is 0 Å². The first-order chi connectivity index (χ1) is 8.00. The predicted octanol–water partition coefficient (Wildman–Crippen LogP) is 3.72. The van der Waals surface area contributed by atoms with Gasteiger partial charge in [0.15, 0.2) is 5.78 Å². The van der Waals surface area contributed by atoms with Gasteiger partial charge in [0.1, 0.15) is 0 Å². The Morgan fingerprint density at radius 1 is 1.18 bits per heavy atom. The van der Waals surface area contributed by atoms with Gasteiger partial charge in [-0.3, -0.25) is 9.36 Å². The molecule has 94 valence electrons. The number of rotatable bonds is 6. The van der Waals surface area contributed by atoms with Crippen LogP contribution in [0.5, 0.6) is 0 Å². The second-order valence-corrected chi connectivity index (χ2v) is 7.13. The molecule has 0 spiro atoms. The summed E-state index contributed by atoms with van der Waals surface area (Å²) < 4.78 is 17.5. The second kappa shape index (κ2) is 6.13. The molecule has 0 saturated carbocycles. The maximum Gasteiger partial charge on any atom is 0.202 e. The van der Waals surface area contributed by atoms with Gasteiger partial charge in [0, 0.05) is 17.9 Å². The number of hydrogen-bond acceptors (Lipinski definition) is 3. The van der Waals surface area contributed by atoms with E-state index in [-0.39, 0.29) is 5.78 Å². The van der Waals surface area contributed by atoms with Gasteiger partial charge in [-0.2, -0.15) is 0 Å². The van der Waals surface area contributed by atoms with Crippen LogP contribution in [0.15, 0.2) is 24.3 Å². The molecular weight excluding hydrogens is 235 g/mol. The largest absolute Gasteiger partial charge is 0.324 e. The third-order valence-electron chi connectivity index (χ3n) is 2.79. The molecule has 0 aliphatic heterocycles. The summed E-state index contributed by atoms with van der Waals surface area (Å²) in [7, 11) is -2.44. The van der Waals surface area contributed by atoms with Crippen LogP contribution in [0.4, 0.5) is 0 Å². The maximum absolute atomic E-state index is 12.0. The normalized spacial score (nSPS) is 11.5. The summed E-state index contributed by atoms with van der Waals surface area (Å²) in [5.41, 5.74) is 1.63. The minimum Gasteiger partial charge on any atom is -0.324 e. The number of ketones is 1. The van der Waals surface area contributed by atoms with E-state index >= 15 is 0 Å². The van der Waals surface area contributed by atoms with Crippen LogP contribution in [0, 0.1) is 0 Å². The Labute approximate surface area is 103 Å². The van der Waals surface area contributed by atoms with E-state index in [9.17, 15) is 9.36 Å². The number of benzene rings is 1. The molecule has 3 nitrogen and oxygen atoms in total. The Bertz CT molecular complexity index is 415. The van der Waals surface area contributed by atoms with Gasteiger partial charge in [-0.1, -0.05) is 38.1 Å². The van der Waals surface area contributed by atoms with E-state index in [0.29, 0.717) is 24.5 Å². The number of carbonyl (C=O) groups is 1. The summed E-state index contributed by atoms with van der Waals surface area (Å²) in [6.45, 7) is 5.64. The average Bonchev–Trinajstić information content (AvgIpc) is 2.36. The summed E-state index contributed by atoms with van der Waals surface area (Å²) in [6, 6.07) is 7.21. The standard InChI is InChI=1S/C13H19O3P/c1-4-17(15,5-2)16-10-12-6-8-13(9-7-12)11(3)14/h6-9H,4-5,10H2,1-3H3. The van der Waals surface area contributed by atoms with Crippen LogP contribution < -0.4 is 0 Å². The van der Waals surface area contributed by atoms with E-state index in [0.717, 1.165) is 5.56 Å². The smallest absolute Gasteiger partial charge is 0.202 e. The highest BCUT2D eigenvalue weighted by atomic mass is 31.2. The molecule has 4 heteroatoms. The third-order valence-corrected chi connectivity index (χ3v) is 5.32. The van der Waals surface area contributed by atoms with Gasteiger partial charge in [0.25, 0.3) is 0 Å². The summed E-state index contributed by atoms with van der Waals surface area (Å²) in [5.74, 6) is 0.0465. The van der Waals surface area contributed by atoms with Crippen molar-refractivity contribution in [3.63, 3.8) is 0 Å². The molecule has 0 atom stereocenters. The third kappa shape index (κ3) is 4.10. The summed E-state index contributed by atoms with van der Waals surface area (Å²) >= 11 is 0. The van der Waals surface area contributed by atoms with Crippen molar-refractivity contribution < 1.29 is 13.9 Å². The topological polar surface area (TPSA) is 43.4 Å². The average molecular weight is 254 g/mol. The first-order valence-electron chi connectivity index (χ1n) is 5.83. The molecule has 0 aromatic heterocycles. The Morgan fingerprint density at radius 2 is 1.71 bits per heavy atom. The van der Waals surface area contributed by atoms with Crippen molar-refractivity contribution in [2.75, 3.05) is 12.3 Å². The van der Waals surface area contributed by atoms with Crippen molar-refractivity contribution in [3.8, 4) is 0 Å². The number of hydrogen-bond donors (Lipinski definition) is 0. The highest BCUT2D eigenvalue weighted by Crippen LogP contribution is 2.46. The fourth-order valence-electron chi connectivity index (χ4n) is 1.43. The lowest BCUT2D eigenvalue weighted by molar-refractivity contribution is 0.101. The summed E-state index contributed by atoms with van der Waals surface area (Å²) in [5, 5.41) is 0. The van der Waals surface area contributed by atoms with Crippen LogP contribution in [-0.2, 0) is 15.7 Å². The van der Waals surface area contributed by atoms with E-state index in [1.807, 2.05) is 26.0 Å². The van der Waals surface area contributed by atoms with Crippen molar-refractivity contribution in [3.05, 3.63) is 35.4 Å². The van der Waals surface area contributed by atoms with E-state index in [1.165, 1.54) is 6.92 Å². The van der Waals surface area contributed by atoms with E-state index in [1.54, 1.807) is 12.1 Å². The molecule has 0 aliphatic rings. The Morgan fingerprint density at radius 3 is 2.12 bits per heavy atom. The molecule has 0 bridgehead atoms. The van der Waals surface area contributed by atoms with Gasteiger partial charge < -0.3 is 4.52 Å². The molecular formula is C13H19O3P. The lowest BCUT2D eigenvalue weighted by Gasteiger charge is -2.14. The monoisotopic (exact) mass is 254 g/mol. The van der Waals surface area contributed by atoms with E-state index in [2.05, 4.69) is 0 Å². The number of carbonyl (C=O) groups excluding carboxylic acids is 1. The second-order valence-electron chi connectivity index (χ2n) is 3.97. The van der Waals surface area contributed by atoms with Crippen LogP contribution in [0.1, 0.15) is 36.7 Å². The minimum atomic E-state index is -2.44. The van der Waals surface area contributed by atoms with Gasteiger partial charge in [-0.05, 0) is 12.5 Å². The fraction of sp³-hybridized carbons (Fsp3) is 0.462. The SMILES string of the molecule is CCP(=O)(CC)OCc1ccc(C(C)=O)cc1. The van der Waals surface area contributed by atoms with Crippen molar-refractivity contribution >= 4 is 13.2 Å². The van der Waals surface area contributed by atoms with Crippen molar-refractivity contribution in [2.24, 2.45) is 0 Å². The lowest BCUT2D eigenvalue weighted by Crippen LogP contribution is -1.97. The van der Waals surface area contributed by atoms with E-state index in [4.69, 9.17) is 4.52 Å². The molecule has 0 amide bonds. The molecule has 0 saturated heterocycles. The molecule has 17 heavy (non-hydrogen) atoms. The molecule has 1 rings (SSSR count). The summed E-state index contributed by atoms with van der Waals surface area (Å²) in [4.78, 5) is 11.1. The highest BCUT2D eigenvalue weighted by molar-refractivity contribution is 7.58. The molecule has 1 aromatic rings. The highest BCUT2D eigenvalue weighted by Gasteiger charge is 2.17. The maximum atomic E-state index is 12.0. The predicted molar refractivity (Wildman–Crippen MR) is 69.9 cm³/mol. The zero-order chi connectivity index (χ0) is 12.9.